The Morgan fingerprint density at radius 3 is 2.70 bits per heavy atom. The summed E-state index contributed by atoms with van der Waals surface area (Å²) in [5.41, 5.74) is 2.00. The van der Waals surface area contributed by atoms with Gasteiger partial charge in [0.15, 0.2) is 5.65 Å². The summed E-state index contributed by atoms with van der Waals surface area (Å²) >= 11 is 0. The number of aromatic nitrogens is 4. The van der Waals surface area contributed by atoms with Crippen molar-refractivity contribution in [2.75, 3.05) is 18.0 Å². The van der Waals surface area contributed by atoms with E-state index in [-0.39, 0.29) is 0 Å². The van der Waals surface area contributed by atoms with E-state index in [1.807, 2.05) is 30.3 Å². The van der Waals surface area contributed by atoms with Gasteiger partial charge in [-0.2, -0.15) is 4.52 Å². The van der Waals surface area contributed by atoms with Gasteiger partial charge in [0.05, 0.1) is 12.7 Å². The number of benzene rings is 1. The Morgan fingerprint density at radius 2 is 1.87 bits per heavy atom. The van der Waals surface area contributed by atoms with Gasteiger partial charge >= 0.3 is 0 Å². The van der Waals surface area contributed by atoms with E-state index >= 15 is 0 Å². The maximum atomic E-state index is 6.04. The van der Waals surface area contributed by atoms with Crippen molar-refractivity contribution >= 4 is 11.5 Å². The average Bonchev–Trinajstić information content (AvgIpc) is 3.09. The van der Waals surface area contributed by atoms with E-state index in [0.29, 0.717) is 12.7 Å². The predicted octanol–water partition coefficient (Wildman–Crippen LogP) is 2.31. The first-order valence-corrected chi connectivity index (χ1v) is 7.96. The van der Waals surface area contributed by atoms with Crippen LogP contribution >= 0.6 is 0 Å². The molecule has 1 aromatic carbocycles. The number of hydrogen-bond donors (Lipinski definition) is 0. The topological polar surface area (TPSA) is 55.5 Å². The van der Waals surface area contributed by atoms with Crippen LogP contribution in [0.3, 0.4) is 0 Å². The van der Waals surface area contributed by atoms with Gasteiger partial charge < -0.3 is 9.64 Å². The Balaban J connectivity index is 1.33. The van der Waals surface area contributed by atoms with Gasteiger partial charge in [-0.25, -0.2) is 0 Å². The van der Waals surface area contributed by atoms with Crippen molar-refractivity contribution in [2.24, 2.45) is 0 Å². The summed E-state index contributed by atoms with van der Waals surface area (Å²) in [6, 6.07) is 14.3. The third-order valence-electron chi connectivity index (χ3n) is 4.24. The number of piperidine rings is 1. The Hall–Kier alpha value is -2.47. The number of rotatable bonds is 4. The van der Waals surface area contributed by atoms with Crippen LogP contribution in [-0.2, 0) is 11.3 Å². The summed E-state index contributed by atoms with van der Waals surface area (Å²) in [4.78, 5) is 2.29. The lowest BCUT2D eigenvalue weighted by molar-refractivity contribution is 0.0250. The van der Waals surface area contributed by atoms with Crippen molar-refractivity contribution in [3.05, 3.63) is 54.4 Å². The molecule has 6 heteroatoms. The molecule has 1 aliphatic heterocycles. The fourth-order valence-electron chi connectivity index (χ4n) is 2.93. The number of ether oxygens (including phenoxy) is 1. The minimum Gasteiger partial charge on any atom is -0.373 e. The van der Waals surface area contributed by atoms with Crippen LogP contribution < -0.4 is 4.90 Å². The minimum atomic E-state index is 0.324. The summed E-state index contributed by atoms with van der Waals surface area (Å²) in [5.74, 6) is 0.971. The van der Waals surface area contributed by atoms with E-state index in [9.17, 15) is 0 Å². The summed E-state index contributed by atoms with van der Waals surface area (Å²) in [7, 11) is 0. The molecule has 0 radical (unpaired) electrons. The Bertz CT molecular complexity index is 765. The lowest BCUT2D eigenvalue weighted by Gasteiger charge is -2.32. The van der Waals surface area contributed by atoms with Crippen LogP contribution in [0.4, 0.5) is 5.82 Å². The third-order valence-corrected chi connectivity index (χ3v) is 4.24. The zero-order chi connectivity index (χ0) is 15.5. The van der Waals surface area contributed by atoms with Gasteiger partial charge in [0.2, 0.25) is 0 Å². The van der Waals surface area contributed by atoms with Crippen LogP contribution in [0.1, 0.15) is 18.4 Å². The van der Waals surface area contributed by atoms with E-state index in [0.717, 1.165) is 37.4 Å². The highest BCUT2D eigenvalue weighted by atomic mass is 16.5. The highest BCUT2D eigenvalue weighted by Gasteiger charge is 2.21. The highest BCUT2D eigenvalue weighted by Crippen LogP contribution is 2.20. The summed E-state index contributed by atoms with van der Waals surface area (Å²) in [5, 5.41) is 12.4. The van der Waals surface area contributed by atoms with Crippen LogP contribution in [0, 0.1) is 0 Å². The first-order valence-electron chi connectivity index (χ1n) is 7.96. The van der Waals surface area contributed by atoms with Crippen molar-refractivity contribution in [1.29, 1.82) is 0 Å². The molecule has 4 rings (SSSR count). The molecule has 1 saturated heterocycles. The van der Waals surface area contributed by atoms with Crippen LogP contribution in [0.2, 0.25) is 0 Å². The minimum absolute atomic E-state index is 0.324. The van der Waals surface area contributed by atoms with E-state index in [2.05, 4.69) is 32.3 Å². The number of anilines is 1. The summed E-state index contributed by atoms with van der Waals surface area (Å²) in [6.07, 6.45) is 4.00. The molecular weight excluding hydrogens is 290 g/mol. The Labute approximate surface area is 134 Å². The normalized spacial score (nSPS) is 16.1. The standard InChI is InChI=1S/C17H19N5O/c1-2-4-14(5-3-1)12-23-15-8-10-21(11-9-15)17-7-6-16-19-18-13-22(16)20-17/h1-7,13,15H,8-12H2. The second kappa shape index (κ2) is 6.34. The fraction of sp³-hybridized carbons (Fsp3) is 0.353. The lowest BCUT2D eigenvalue weighted by Crippen LogP contribution is -2.37. The monoisotopic (exact) mass is 309 g/mol. The molecule has 0 spiro atoms. The van der Waals surface area contributed by atoms with E-state index in [1.54, 1.807) is 10.8 Å². The lowest BCUT2D eigenvalue weighted by atomic mass is 10.1. The summed E-state index contributed by atoms with van der Waals surface area (Å²) in [6.45, 7) is 2.61. The van der Waals surface area contributed by atoms with Crippen molar-refractivity contribution in [3.8, 4) is 0 Å². The van der Waals surface area contributed by atoms with Gasteiger partial charge in [0.25, 0.3) is 0 Å². The Kier molecular flexibility index (Phi) is 3.90. The molecule has 0 bridgehead atoms. The zero-order valence-electron chi connectivity index (χ0n) is 12.9. The first kappa shape index (κ1) is 14.1. The van der Waals surface area contributed by atoms with Crippen molar-refractivity contribution in [1.82, 2.24) is 19.8 Å². The molecule has 3 heterocycles. The molecule has 0 unspecified atom stereocenters. The Morgan fingerprint density at radius 1 is 1.04 bits per heavy atom. The molecule has 6 nitrogen and oxygen atoms in total. The van der Waals surface area contributed by atoms with Crippen LogP contribution in [0.15, 0.2) is 48.8 Å². The maximum Gasteiger partial charge on any atom is 0.177 e. The predicted molar refractivity (Wildman–Crippen MR) is 87.2 cm³/mol. The molecular formula is C17H19N5O. The third kappa shape index (κ3) is 3.17. The fourth-order valence-corrected chi connectivity index (χ4v) is 2.93. The maximum absolute atomic E-state index is 6.04. The van der Waals surface area contributed by atoms with Crippen LogP contribution in [0.5, 0.6) is 0 Å². The van der Waals surface area contributed by atoms with Gasteiger partial charge in [-0.3, -0.25) is 0 Å². The molecule has 118 valence electrons. The molecule has 0 amide bonds. The van der Waals surface area contributed by atoms with Gasteiger partial charge in [0.1, 0.15) is 12.1 Å². The second-order valence-electron chi connectivity index (χ2n) is 5.81. The quantitative estimate of drug-likeness (QED) is 0.740. The smallest absolute Gasteiger partial charge is 0.177 e. The van der Waals surface area contributed by atoms with Gasteiger partial charge in [-0.1, -0.05) is 30.3 Å². The molecule has 3 aromatic rings. The molecule has 0 saturated carbocycles. The average molecular weight is 309 g/mol. The van der Waals surface area contributed by atoms with E-state index < -0.39 is 0 Å². The van der Waals surface area contributed by atoms with Crippen molar-refractivity contribution in [2.45, 2.75) is 25.6 Å². The van der Waals surface area contributed by atoms with Gasteiger partial charge in [-0.15, -0.1) is 15.3 Å². The number of nitrogens with zero attached hydrogens (tertiary/aromatic N) is 5. The molecule has 1 fully saturated rings. The molecule has 23 heavy (non-hydrogen) atoms. The SMILES string of the molecule is c1ccc(COC2CCN(c3ccc4nncn4n3)CC2)cc1. The number of fused-ring (bicyclic) bond motifs is 1. The molecule has 0 atom stereocenters. The molecule has 1 aliphatic rings. The van der Waals surface area contributed by atoms with E-state index in [1.165, 1.54) is 5.56 Å². The molecule has 0 N–H and O–H groups in total. The van der Waals surface area contributed by atoms with Gasteiger partial charge in [0, 0.05) is 13.1 Å². The van der Waals surface area contributed by atoms with Crippen LogP contribution in [0.25, 0.3) is 5.65 Å². The van der Waals surface area contributed by atoms with Gasteiger partial charge in [-0.05, 0) is 30.5 Å². The van der Waals surface area contributed by atoms with Crippen molar-refractivity contribution in [3.63, 3.8) is 0 Å². The first-order chi connectivity index (χ1) is 11.4. The second-order valence-corrected chi connectivity index (χ2v) is 5.81. The highest BCUT2D eigenvalue weighted by molar-refractivity contribution is 5.45. The van der Waals surface area contributed by atoms with Crippen molar-refractivity contribution < 1.29 is 4.74 Å². The molecule has 0 aliphatic carbocycles. The van der Waals surface area contributed by atoms with Crippen LogP contribution in [-0.4, -0.2) is 39.0 Å². The number of hydrogen-bond acceptors (Lipinski definition) is 5. The largest absolute Gasteiger partial charge is 0.373 e. The summed E-state index contributed by atoms with van der Waals surface area (Å²) < 4.78 is 7.75. The zero-order valence-corrected chi connectivity index (χ0v) is 12.9. The molecule has 2 aromatic heterocycles. The van der Waals surface area contributed by atoms with E-state index in [4.69, 9.17) is 4.74 Å².